The monoisotopic (exact) mass is 295 g/mol. The maximum atomic E-state index is 13.2. The number of carbonyl (C=O) groups is 2. The van der Waals surface area contributed by atoms with Crippen molar-refractivity contribution < 1.29 is 18.4 Å². The van der Waals surface area contributed by atoms with Gasteiger partial charge in [0, 0.05) is 19.9 Å². The van der Waals surface area contributed by atoms with E-state index in [4.69, 9.17) is 0 Å². The van der Waals surface area contributed by atoms with Crippen LogP contribution in [0.5, 0.6) is 0 Å². The van der Waals surface area contributed by atoms with Crippen LogP contribution in [-0.4, -0.2) is 29.6 Å². The van der Waals surface area contributed by atoms with Crippen molar-refractivity contribution in [1.82, 2.24) is 10.3 Å². The topological polar surface area (TPSA) is 61.8 Å². The first-order valence-corrected chi connectivity index (χ1v) is 6.48. The fourth-order valence-electron chi connectivity index (χ4n) is 1.98. The zero-order valence-electron chi connectivity index (χ0n) is 11.7. The molecule has 0 aliphatic carbocycles. The van der Waals surface area contributed by atoms with E-state index >= 15 is 0 Å². The van der Waals surface area contributed by atoms with Gasteiger partial charge in [0.15, 0.2) is 11.6 Å². The van der Waals surface area contributed by atoms with Crippen molar-refractivity contribution in [2.45, 2.75) is 25.8 Å². The van der Waals surface area contributed by atoms with Crippen molar-refractivity contribution in [3.8, 4) is 0 Å². The van der Waals surface area contributed by atoms with Gasteiger partial charge in [0.1, 0.15) is 5.71 Å². The van der Waals surface area contributed by atoms with Crippen LogP contribution in [0.2, 0.25) is 0 Å². The molecule has 0 fully saturated rings. The number of hydrogen-bond acceptors (Lipinski definition) is 3. The Morgan fingerprint density at radius 1 is 1.33 bits per heavy atom. The van der Waals surface area contributed by atoms with E-state index in [1.54, 1.807) is 6.92 Å². The van der Waals surface area contributed by atoms with E-state index in [1.807, 2.05) is 0 Å². The molecule has 0 saturated heterocycles. The van der Waals surface area contributed by atoms with Crippen molar-refractivity contribution in [2.75, 3.05) is 7.05 Å². The summed E-state index contributed by atoms with van der Waals surface area (Å²) in [6.07, 6.45) is 0.488. The van der Waals surface area contributed by atoms with E-state index in [-0.39, 0.29) is 24.5 Å². The summed E-state index contributed by atoms with van der Waals surface area (Å²) in [6, 6.07) is 2.95. The molecule has 0 saturated carbocycles. The SMILES string of the molecule is C[C@@H](NC(=O)C1=NN(C)C(=O)CC1)c1ccc(F)c(F)c1. The molecule has 112 valence electrons. The largest absolute Gasteiger partial charge is 0.344 e. The number of hydrogen-bond donors (Lipinski definition) is 1. The molecular weight excluding hydrogens is 280 g/mol. The van der Waals surface area contributed by atoms with Crippen LogP contribution in [0.25, 0.3) is 0 Å². The predicted octanol–water partition coefficient (Wildman–Crippen LogP) is 1.75. The normalized spacial score (nSPS) is 16.5. The summed E-state index contributed by atoms with van der Waals surface area (Å²) in [5, 5.41) is 7.67. The predicted molar refractivity (Wildman–Crippen MR) is 72.4 cm³/mol. The molecule has 2 rings (SSSR count). The van der Waals surface area contributed by atoms with E-state index in [2.05, 4.69) is 10.4 Å². The van der Waals surface area contributed by atoms with Crippen LogP contribution in [0, 0.1) is 11.6 Å². The third kappa shape index (κ3) is 3.42. The minimum absolute atomic E-state index is 0.153. The van der Waals surface area contributed by atoms with Gasteiger partial charge in [-0.3, -0.25) is 9.59 Å². The molecule has 1 aliphatic rings. The molecule has 1 aliphatic heterocycles. The minimum Gasteiger partial charge on any atom is -0.344 e. The summed E-state index contributed by atoms with van der Waals surface area (Å²) in [5.41, 5.74) is 0.689. The van der Waals surface area contributed by atoms with Crippen molar-refractivity contribution >= 4 is 17.5 Å². The Balaban J connectivity index is 2.07. The van der Waals surface area contributed by atoms with Gasteiger partial charge in [0.25, 0.3) is 5.91 Å². The van der Waals surface area contributed by atoms with E-state index < -0.39 is 23.6 Å². The lowest BCUT2D eigenvalue weighted by atomic mass is 10.1. The lowest BCUT2D eigenvalue weighted by Gasteiger charge is -2.20. The maximum Gasteiger partial charge on any atom is 0.267 e. The Labute approximate surface area is 120 Å². The number of nitrogens with zero attached hydrogens (tertiary/aromatic N) is 2. The number of carbonyl (C=O) groups excluding carboxylic acids is 2. The molecule has 1 heterocycles. The molecule has 0 spiro atoms. The molecule has 1 atom stereocenters. The highest BCUT2D eigenvalue weighted by atomic mass is 19.2. The fraction of sp³-hybridized carbons (Fsp3) is 0.357. The van der Waals surface area contributed by atoms with Crippen molar-refractivity contribution in [3.05, 3.63) is 35.4 Å². The highest BCUT2D eigenvalue weighted by molar-refractivity contribution is 6.39. The van der Waals surface area contributed by atoms with E-state index in [0.29, 0.717) is 5.56 Å². The van der Waals surface area contributed by atoms with Crippen molar-refractivity contribution in [2.24, 2.45) is 5.10 Å². The van der Waals surface area contributed by atoms with Gasteiger partial charge in [-0.05, 0) is 24.6 Å². The Morgan fingerprint density at radius 2 is 2.05 bits per heavy atom. The Kier molecular flexibility index (Phi) is 4.30. The molecule has 1 aromatic rings. The lowest BCUT2D eigenvalue weighted by Crippen LogP contribution is -2.38. The second kappa shape index (κ2) is 5.99. The average molecular weight is 295 g/mol. The molecule has 7 heteroatoms. The second-order valence-electron chi connectivity index (χ2n) is 4.83. The van der Waals surface area contributed by atoms with Crippen molar-refractivity contribution in [1.29, 1.82) is 0 Å². The molecule has 0 unspecified atom stereocenters. The minimum atomic E-state index is -0.964. The number of nitrogens with one attached hydrogen (secondary N) is 1. The van der Waals surface area contributed by atoms with Gasteiger partial charge in [-0.2, -0.15) is 5.10 Å². The first-order chi connectivity index (χ1) is 9.88. The van der Waals surface area contributed by atoms with Gasteiger partial charge in [0.05, 0.1) is 6.04 Å². The van der Waals surface area contributed by atoms with Gasteiger partial charge in [0.2, 0.25) is 5.91 Å². The summed E-state index contributed by atoms with van der Waals surface area (Å²) in [6.45, 7) is 1.66. The van der Waals surface area contributed by atoms with Crippen LogP contribution in [-0.2, 0) is 9.59 Å². The second-order valence-corrected chi connectivity index (χ2v) is 4.83. The summed E-state index contributed by atoms with van der Waals surface area (Å²) in [5.74, 6) is -2.48. The average Bonchev–Trinajstić information content (AvgIpc) is 2.44. The molecule has 21 heavy (non-hydrogen) atoms. The first-order valence-electron chi connectivity index (χ1n) is 6.48. The van der Waals surface area contributed by atoms with Crippen molar-refractivity contribution in [3.63, 3.8) is 0 Å². The van der Waals surface area contributed by atoms with E-state index in [9.17, 15) is 18.4 Å². The number of amides is 2. The van der Waals surface area contributed by atoms with Crippen LogP contribution >= 0.6 is 0 Å². The highest BCUT2D eigenvalue weighted by Crippen LogP contribution is 2.16. The van der Waals surface area contributed by atoms with E-state index in [0.717, 1.165) is 17.1 Å². The molecule has 1 N–H and O–H groups in total. The molecule has 1 aromatic carbocycles. The molecule has 0 aromatic heterocycles. The number of rotatable bonds is 3. The van der Waals surface area contributed by atoms with Crippen LogP contribution < -0.4 is 5.32 Å². The fourth-order valence-corrected chi connectivity index (χ4v) is 1.98. The van der Waals surface area contributed by atoms with Gasteiger partial charge in [-0.1, -0.05) is 6.07 Å². The summed E-state index contributed by atoms with van der Waals surface area (Å²) < 4.78 is 26.0. The van der Waals surface area contributed by atoms with Crippen LogP contribution in [0.15, 0.2) is 23.3 Å². The molecule has 0 bridgehead atoms. The summed E-state index contributed by atoms with van der Waals surface area (Å²) in [4.78, 5) is 23.3. The quantitative estimate of drug-likeness (QED) is 0.923. The number of benzene rings is 1. The lowest BCUT2D eigenvalue weighted by molar-refractivity contribution is -0.130. The van der Waals surface area contributed by atoms with Gasteiger partial charge in [-0.25, -0.2) is 13.8 Å². The van der Waals surface area contributed by atoms with Gasteiger partial charge in [-0.15, -0.1) is 0 Å². The summed E-state index contributed by atoms with van der Waals surface area (Å²) in [7, 11) is 1.48. The zero-order valence-corrected chi connectivity index (χ0v) is 11.7. The molecule has 0 radical (unpaired) electrons. The Bertz CT molecular complexity index is 616. The van der Waals surface area contributed by atoms with Gasteiger partial charge < -0.3 is 5.32 Å². The van der Waals surface area contributed by atoms with E-state index in [1.165, 1.54) is 13.1 Å². The molecule has 5 nitrogen and oxygen atoms in total. The maximum absolute atomic E-state index is 13.2. The number of hydrazone groups is 1. The Hall–Kier alpha value is -2.31. The third-order valence-corrected chi connectivity index (χ3v) is 3.26. The number of halogens is 2. The third-order valence-electron chi connectivity index (χ3n) is 3.26. The van der Waals surface area contributed by atoms with Crippen LogP contribution in [0.4, 0.5) is 8.78 Å². The van der Waals surface area contributed by atoms with Gasteiger partial charge >= 0.3 is 0 Å². The molecular formula is C14H15F2N3O2. The molecule has 2 amide bonds. The smallest absolute Gasteiger partial charge is 0.267 e. The Morgan fingerprint density at radius 3 is 2.67 bits per heavy atom. The zero-order chi connectivity index (χ0) is 15.6. The van der Waals surface area contributed by atoms with Crippen LogP contribution in [0.3, 0.4) is 0 Å². The summed E-state index contributed by atoms with van der Waals surface area (Å²) >= 11 is 0. The first kappa shape index (κ1) is 15.1. The standard InChI is InChI=1S/C14H15F2N3O2/c1-8(9-3-4-10(15)11(16)7-9)17-14(21)12-5-6-13(20)19(2)18-12/h3-4,7-8H,5-6H2,1-2H3,(H,17,21)/t8-/m1/s1. The highest BCUT2D eigenvalue weighted by Gasteiger charge is 2.23. The van der Waals surface area contributed by atoms with Crippen LogP contribution in [0.1, 0.15) is 31.4 Å².